The van der Waals surface area contributed by atoms with E-state index in [1.807, 2.05) is 6.92 Å². The highest BCUT2D eigenvalue weighted by Crippen LogP contribution is 2.36. The number of fused-ring (bicyclic) bond motifs is 1. The lowest BCUT2D eigenvalue weighted by atomic mass is 10.0. The van der Waals surface area contributed by atoms with Gasteiger partial charge in [-0.05, 0) is 48.9 Å². The van der Waals surface area contributed by atoms with Crippen LogP contribution in [0, 0.1) is 6.92 Å². The molecule has 6 heteroatoms. The highest BCUT2D eigenvalue weighted by Gasteiger charge is 2.25. The minimum atomic E-state index is -3.26. The standard InChI is InChI=1S/C19H25N3O2S/c1-13-9-19(25(2,23)24)20-11-18(13)22-8-7-16-15(12-22)10-17(21-16)14-5-3-4-6-14/h9-11,14,21H,3-8,12H2,1-2H3. The summed E-state index contributed by atoms with van der Waals surface area (Å²) in [6.45, 7) is 3.75. The monoisotopic (exact) mass is 359 g/mol. The minimum absolute atomic E-state index is 0.150. The number of pyridine rings is 1. The third-order valence-corrected chi connectivity index (χ3v) is 6.56. The summed E-state index contributed by atoms with van der Waals surface area (Å²) < 4.78 is 23.4. The van der Waals surface area contributed by atoms with Crippen LogP contribution in [0.2, 0.25) is 0 Å². The summed E-state index contributed by atoms with van der Waals surface area (Å²) in [4.78, 5) is 10.2. The Bertz CT molecular complexity index is 895. The number of rotatable bonds is 3. The van der Waals surface area contributed by atoms with E-state index < -0.39 is 9.84 Å². The molecule has 0 unspecified atom stereocenters. The van der Waals surface area contributed by atoms with Crippen LogP contribution in [-0.2, 0) is 22.8 Å². The van der Waals surface area contributed by atoms with Gasteiger partial charge >= 0.3 is 0 Å². The van der Waals surface area contributed by atoms with Gasteiger partial charge in [-0.1, -0.05) is 12.8 Å². The van der Waals surface area contributed by atoms with Crippen molar-refractivity contribution in [3.63, 3.8) is 0 Å². The fourth-order valence-electron chi connectivity index (χ4n) is 4.18. The van der Waals surface area contributed by atoms with Crippen LogP contribution in [0.15, 0.2) is 23.4 Å². The normalized spacial score (nSPS) is 18.6. The molecule has 134 valence electrons. The Hall–Kier alpha value is -1.82. The number of hydrogen-bond donors (Lipinski definition) is 1. The fourth-order valence-corrected chi connectivity index (χ4v) is 4.82. The van der Waals surface area contributed by atoms with Gasteiger partial charge in [0.2, 0.25) is 0 Å². The molecular formula is C19H25N3O2S. The van der Waals surface area contributed by atoms with E-state index in [0.717, 1.165) is 30.8 Å². The first-order chi connectivity index (χ1) is 11.9. The molecule has 0 spiro atoms. The maximum Gasteiger partial charge on any atom is 0.192 e. The fraction of sp³-hybridized carbons (Fsp3) is 0.526. The summed E-state index contributed by atoms with van der Waals surface area (Å²) >= 11 is 0. The van der Waals surface area contributed by atoms with E-state index in [1.165, 1.54) is 48.9 Å². The molecule has 25 heavy (non-hydrogen) atoms. The first-order valence-electron chi connectivity index (χ1n) is 9.04. The van der Waals surface area contributed by atoms with E-state index in [1.54, 1.807) is 12.3 Å². The molecule has 1 aliphatic heterocycles. The molecule has 1 saturated carbocycles. The summed E-state index contributed by atoms with van der Waals surface area (Å²) in [5.41, 5.74) is 6.15. The van der Waals surface area contributed by atoms with Crippen molar-refractivity contribution in [3.05, 3.63) is 40.8 Å². The van der Waals surface area contributed by atoms with E-state index in [9.17, 15) is 8.42 Å². The Kier molecular flexibility index (Phi) is 4.10. The molecule has 5 nitrogen and oxygen atoms in total. The van der Waals surface area contributed by atoms with E-state index >= 15 is 0 Å². The molecule has 2 aromatic heterocycles. The lowest BCUT2D eigenvalue weighted by Crippen LogP contribution is -2.30. The van der Waals surface area contributed by atoms with E-state index in [2.05, 4.69) is 20.9 Å². The molecule has 4 rings (SSSR count). The Balaban J connectivity index is 1.58. The van der Waals surface area contributed by atoms with Crippen LogP contribution < -0.4 is 4.90 Å². The van der Waals surface area contributed by atoms with Crippen molar-refractivity contribution in [2.75, 3.05) is 17.7 Å². The Morgan fingerprint density at radius 3 is 2.68 bits per heavy atom. The summed E-state index contributed by atoms with van der Waals surface area (Å²) in [5, 5.41) is 0.150. The molecule has 3 heterocycles. The maximum absolute atomic E-state index is 11.7. The number of anilines is 1. The molecule has 1 fully saturated rings. The van der Waals surface area contributed by atoms with Crippen molar-refractivity contribution in [2.45, 2.75) is 56.5 Å². The molecule has 0 radical (unpaired) electrons. The van der Waals surface area contributed by atoms with Crippen molar-refractivity contribution >= 4 is 15.5 Å². The molecule has 0 amide bonds. The molecule has 0 atom stereocenters. The van der Waals surface area contributed by atoms with Gasteiger partial charge < -0.3 is 9.88 Å². The first-order valence-corrected chi connectivity index (χ1v) is 10.9. The minimum Gasteiger partial charge on any atom is -0.365 e. The first kappa shape index (κ1) is 16.6. The molecule has 0 bridgehead atoms. The summed E-state index contributed by atoms with van der Waals surface area (Å²) in [5.74, 6) is 0.705. The number of nitrogens with zero attached hydrogens (tertiary/aromatic N) is 2. The average Bonchev–Trinajstić information content (AvgIpc) is 3.22. The second kappa shape index (κ2) is 6.16. The molecule has 0 saturated heterocycles. The van der Waals surface area contributed by atoms with Gasteiger partial charge in [-0.25, -0.2) is 13.4 Å². The Labute approximate surface area is 149 Å². The quantitative estimate of drug-likeness (QED) is 0.913. The van der Waals surface area contributed by atoms with Crippen LogP contribution in [0.1, 0.15) is 54.1 Å². The van der Waals surface area contributed by atoms with Crippen molar-refractivity contribution in [1.82, 2.24) is 9.97 Å². The van der Waals surface area contributed by atoms with Gasteiger partial charge in [-0.15, -0.1) is 0 Å². The van der Waals surface area contributed by atoms with Gasteiger partial charge in [-0.3, -0.25) is 0 Å². The van der Waals surface area contributed by atoms with E-state index in [-0.39, 0.29) is 5.03 Å². The van der Waals surface area contributed by atoms with Crippen LogP contribution in [0.3, 0.4) is 0 Å². The number of aromatic nitrogens is 2. The zero-order chi connectivity index (χ0) is 17.6. The van der Waals surface area contributed by atoms with Crippen LogP contribution in [0.5, 0.6) is 0 Å². The lowest BCUT2D eigenvalue weighted by Gasteiger charge is -2.30. The van der Waals surface area contributed by atoms with Crippen LogP contribution in [-0.4, -0.2) is 31.2 Å². The van der Waals surface area contributed by atoms with Crippen LogP contribution >= 0.6 is 0 Å². The van der Waals surface area contributed by atoms with Gasteiger partial charge in [0.1, 0.15) is 0 Å². The van der Waals surface area contributed by atoms with Crippen LogP contribution in [0.4, 0.5) is 5.69 Å². The largest absolute Gasteiger partial charge is 0.365 e. The van der Waals surface area contributed by atoms with Gasteiger partial charge in [0.05, 0.1) is 11.9 Å². The van der Waals surface area contributed by atoms with Gasteiger partial charge in [-0.2, -0.15) is 0 Å². The molecule has 2 aromatic rings. The predicted molar refractivity (Wildman–Crippen MR) is 98.8 cm³/mol. The highest BCUT2D eigenvalue weighted by atomic mass is 32.2. The second-order valence-corrected chi connectivity index (χ2v) is 9.43. The molecule has 1 N–H and O–H groups in total. The third kappa shape index (κ3) is 3.19. The van der Waals surface area contributed by atoms with Gasteiger partial charge in [0.15, 0.2) is 14.9 Å². The lowest BCUT2D eigenvalue weighted by molar-refractivity contribution is 0.598. The Morgan fingerprint density at radius 1 is 1.24 bits per heavy atom. The van der Waals surface area contributed by atoms with Crippen molar-refractivity contribution in [3.8, 4) is 0 Å². The molecule has 2 aliphatic rings. The maximum atomic E-state index is 11.7. The summed E-state index contributed by atoms with van der Waals surface area (Å²) in [6.07, 6.45) is 9.21. The SMILES string of the molecule is Cc1cc(S(C)(=O)=O)ncc1N1CCc2[nH]c(C3CCCC3)cc2C1. The van der Waals surface area contributed by atoms with Gasteiger partial charge in [0.25, 0.3) is 0 Å². The average molecular weight is 359 g/mol. The second-order valence-electron chi connectivity index (χ2n) is 7.46. The molecule has 1 aliphatic carbocycles. The smallest absolute Gasteiger partial charge is 0.192 e. The zero-order valence-corrected chi connectivity index (χ0v) is 15.7. The number of hydrogen-bond acceptors (Lipinski definition) is 4. The van der Waals surface area contributed by atoms with Crippen molar-refractivity contribution < 1.29 is 8.42 Å². The molecule has 0 aromatic carbocycles. The number of H-pyrrole nitrogens is 1. The van der Waals surface area contributed by atoms with E-state index in [4.69, 9.17) is 0 Å². The number of aromatic amines is 1. The van der Waals surface area contributed by atoms with E-state index in [0.29, 0.717) is 5.92 Å². The van der Waals surface area contributed by atoms with Gasteiger partial charge in [0, 0.05) is 37.2 Å². The number of aryl methyl sites for hydroxylation is 1. The number of sulfone groups is 1. The molecular weight excluding hydrogens is 334 g/mol. The summed E-state index contributed by atoms with van der Waals surface area (Å²) in [7, 11) is -3.26. The zero-order valence-electron chi connectivity index (χ0n) is 14.9. The Morgan fingerprint density at radius 2 is 2.00 bits per heavy atom. The predicted octanol–water partition coefficient (Wildman–Crippen LogP) is 3.34. The number of nitrogens with one attached hydrogen (secondary N) is 1. The van der Waals surface area contributed by atoms with Crippen LogP contribution in [0.25, 0.3) is 0 Å². The van der Waals surface area contributed by atoms with Crippen molar-refractivity contribution in [2.24, 2.45) is 0 Å². The summed E-state index contributed by atoms with van der Waals surface area (Å²) in [6, 6.07) is 4.03. The van der Waals surface area contributed by atoms with Crippen molar-refractivity contribution in [1.29, 1.82) is 0 Å². The third-order valence-electron chi connectivity index (χ3n) is 5.58. The highest BCUT2D eigenvalue weighted by molar-refractivity contribution is 7.90. The topological polar surface area (TPSA) is 66.1 Å².